The molecule has 114 valence electrons. The van der Waals surface area contributed by atoms with E-state index in [0.717, 1.165) is 0 Å². The Kier molecular flexibility index (Phi) is 8.45. The minimum atomic E-state index is -3.37. The molecule has 0 aliphatic rings. The van der Waals surface area contributed by atoms with Gasteiger partial charge in [0.2, 0.25) is 5.91 Å². The van der Waals surface area contributed by atoms with Crippen LogP contribution in [0.4, 0.5) is 0 Å². The van der Waals surface area contributed by atoms with E-state index >= 15 is 0 Å². The molecule has 20 heavy (non-hydrogen) atoms. The van der Waals surface area contributed by atoms with Crippen molar-refractivity contribution in [1.82, 2.24) is 10.6 Å². The summed E-state index contributed by atoms with van der Waals surface area (Å²) in [4.78, 5) is 11.8. The van der Waals surface area contributed by atoms with E-state index in [0.29, 0.717) is 6.42 Å². The van der Waals surface area contributed by atoms with Crippen LogP contribution in [0.3, 0.4) is 0 Å². The summed E-state index contributed by atoms with van der Waals surface area (Å²) in [6, 6.07) is 7.91. The van der Waals surface area contributed by atoms with Crippen molar-refractivity contribution in [2.24, 2.45) is 0 Å². The highest BCUT2D eigenvalue weighted by molar-refractivity contribution is 7.91. The lowest BCUT2D eigenvalue weighted by atomic mass is 10.2. The second-order valence-corrected chi connectivity index (χ2v) is 6.33. The van der Waals surface area contributed by atoms with Crippen LogP contribution < -0.4 is 10.6 Å². The Morgan fingerprint density at radius 2 is 1.85 bits per heavy atom. The van der Waals surface area contributed by atoms with Crippen molar-refractivity contribution < 1.29 is 13.2 Å². The maximum absolute atomic E-state index is 12.2. The molecule has 0 fully saturated rings. The van der Waals surface area contributed by atoms with Gasteiger partial charge in [0.15, 0.2) is 9.84 Å². The fourth-order valence-electron chi connectivity index (χ4n) is 1.69. The van der Waals surface area contributed by atoms with Crippen molar-refractivity contribution in [3.05, 3.63) is 30.3 Å². The van der Waals surface area contributed by atoms with Gasteiger partial charge in [-0.05, 0) is 25.6 Å². The fourth-order valence-corrected chi connectivity index (χ4v) is 3.30. The third-order valence-electron chi connectivity index (χ3n) is 2.72. The van der Waals surface area contributed by atoms with Gasteiger partial charge < -0.3 is 10.6 Å². The average molecular weight is 321 g/mol. The van der Waals surface area contributed by atoms with E-state index in [9.17, 15) is 13.2 Å². The van der Waals surface area contributed by atoms with Gasteiger partial charge in [-0.15, -0.1) is 12.4 Å². The van der Waals surface area contributed by atoms with Crippen LogP contribution in [0.5, 0.6) is 0 Å². The Morgan fingerprint density at radius 1 is 1.25 bits per heavy atom. The zero-order chi connectivity index (χ0) is 14.3. The first-order valence-corrected chi connectivity index (χ1v) is 7.86. The summed E-state index contributed by atoms with van der Waals surface area (Å²) in [5.74, 6) is -0.277. The van der Waals surface area contributed by atoms with Crippen LogP contribution in [-0.4, -0.2) is 39.7 Å². The predicted molar refractivity (Wildman–Crippen MR) is 81.9 cm³/mol. The lowest BCUT2D eigenvalue weighted by molar-refractivity contribution is -0.120. The highest BCUT2D eigenvalue weighted by Gasteiger charge is 2.21. The fraction of sp³-hybridized carbons (Fsp3) is 0.462. The van der Waals surface area contributed by atoms with Crippen LogP contribution in [0.15, 0.2) is 35.2 Å². The van der Waals surface area contributed by atoms with Crippen LogP contribution in [0, 0.1) is 0 Å². The molecule has 0 radical (unpaired) electrons. The largest absolute Gasteiger partial charge is 0.351 e. The Morgan fingerprint density at radius 3 is 2.35 bits per heavy atom. The molecule has 0 spiro atoms. The van der Waals surface area contributed by atoms with E-state index in [4.69, 9.17) is 0 Å². The molecule has 0 saturated heterocycles. The predicted octanol–water partition coefficient (Wildman–Crippen LogP) is 0.996. The number of likely N-dealkylation sites (N-methyl/N-ethyl adjacent to an activating group) is 1. The van der Waals surface area contributed by atoms with Crippen LogP contribution in [-0.2, 0) is 14.6 Å². The van der Waals surface area contributed by atoms with Gasteiger partial charge in [0.05, 0.1) is 17.2 Å². The Bertz CT molecular complexity index is 506. The van der Waals surface area contributed by atoms with Crippen molar-refractivity contribution in [1.29, 1.82) is 0 Å². The molecule has 0 saturated carbocycles. The summed E-state index contributed by atoms with van der Waals surface area (Å²) in [6.07, 6.45) is 0.571. The second-order valence-electron chi connectivity index (χ2n) is 4.30. The molecule has 7 heteroatoms. The topological polar surface area (TPSA) is 75.3 Å². The molecule has 0 aliphatic heterocycles. The van der Waals surface area contributed by atoms with Crippen LogP contribution in [0.1, 0.15) is 13.3 Å². The van der Waals surface area contributed by atoms with Gasteiger partial charge in [0.1, 0.15) is 0 Å². The average Bonchev–Trinajstić information content (AvgIpc) is 2.39. The molecule has 2 N–H and O–H groups in total. The summed E-state index contributed by atoms with van der Waals surface area (Å²) in [6.45, 7) is 2.03. The molecule has 0 aliphatic carbocycles. The molecule has 1 unspecified atom stereocenters. The minimum Gasteiger partial charge on any atom is -0.351 e. The first-order chi connectivity index (χ1) is 8.99. The minimum absolute atomic E-state index is 0. The van der Waals surface area contributed by atoms with Gasteiger partial charge in [-0.2, -0.15) is 0 Å². The summed E-state index contributed by atoms with van der Waals surface area (Å²) in [7, 11) is -1.70. The number of hydrogen-bond acceptors (Lipinski definition) is 4. The number of nitrogens with one attached hydrogen (secondary N) is 2. The maximum atomic E-state index is 12.2. The van der Waals surface area contributed by atoms with Crippen molar-refractivity contribution >= 4 is 28.2 Å². The summed E-state index contributed by atoms with van der Waals surface area (Å²) in [5.41, 5.74) is 0. The number of amides is 1. The van der Waals surface area contributed by atoms with Gasteiger partial charge in [-0.3, -0.25) is 4.79 Å². The Labute approximate surface area is 126 Å². The summed E-state index contributed by atoms with van der Waals surface area (Å²) < 4.78 is 24.3. The third-order valence-corrected chi connectivity index (χ3v) is 4.55. The van der Waals surface area contributed by atoms with E-state index in [1.54, 1.807) is 37.4 Å². The monoisotopic (exact) mass is 320 g/mol. The zero-order valence-electron chi connectivity index (χ0n) is 11.6. The zero-order valence-corrected chi connectivity index (χ0v) is 13.3. The van der Waals surface area contributed by atoms with Crippen molar-refractivity contribution in [3.8, 4) is 0 Å². The van der Waals surface area contributed by atoms with Crippen LogP contribution >= 0.6 is 12.4 Å². The van der Waals surface area contributed by atoms with Crippen molar-refractivity contribution in [2.45, 2.75) is 24.3 Å². The third kappa shape index (κ3) is 5.90. The molecule has 1 aromatic carbocycles. The smallest absolute Gasteiger partial charge is 0.234 e. The van der Waals surface area contributed by atoms with Gasteiger partial charge in [-0.1, -0.05) is 25.1 Å². The molecular formula is C13H21ClN2O3S. The molecule has 1 amide bonds. The number of rotatable bonds is 7. The Balaban J connectivity index is 0.00000361. The van der Waals surface area contributed by atoms with E-state index in [1.807, 2.05) is 6.92 Å². The van der Waals surface area contributed by atoms with E-state index < -0.39 is 9.84 Å². The lowest BCUT2D eigenvalue weighted by Gasteiger charge is -2.17. The number of benzene rings is 1. The quantitative estimate of drug-likeness (QED) is 0.786. The number of sulfone groups is 1. The molecule has 1 atom stereocenters. The standard InChI is InChI=1S/C13H20N2O3S.ClH/c1-3-11(15-13(16)9-14-2)10-19(17,18)12-7-5-4-6-8-12;/h4-8,11,14H,3,9-10H2,1-2H3,(H,15,16);1H. The maximum Gasteiger partial charge on any atom is 0.234 e. The number of hydrogen-bond donors (Lipinski definition) is 2. The van der Waals surface area contributed by atoms with Crippen molar-refractivity contribution in [2.75, 3.05) is 19.3 Å². The highest BCUT2D eigenvalue weighted by Crippen LogP contribution is 2.12. The molecule has 0 bridgehead atoms. The highest BCUT2D eigenvalue weighted by atomic mass is 35.5. The SMILES string of the molecule is CCC(CS(=O)(=O)c1ccccc1)NC(=O)CNC.Cl. The van der Waals surface area contributed by atoms with Gasteiger partial charge in [-0.25, -0.2) is 8.42 Å². The second kappa shape index (κ2) is 8.94. The summed E-state index contributed by atoms with van der Waals surface area (Å²) in [5, 5.41) is 5.44. The lowest BCUT2D eigenvalue weighted by Crippen LogP contribution is -2.42. The van der Waals surface area contributed by atoms with Crippen LogP contribution in [0.25, 0.3) is 0 Å². The molecule has 0 heterocycles. The molecule has 1 aromatic rings. The van der Waals surface area contributed by atoms with Gasteiger partial charge in [0.25, 0.3) is 0 Å². The van der Waals surface area contributed by atoms with E-state index in [2.05, 4.69) is 10.6 Å². The van der Waals surface area contributed by atoms with Crippen LogP contribution in [0.2, 0.25) is 0 Å². The number of carbonyl (C=O) groups excluding carboxylic acids is 1. The molecular weight excluding hydrogens is 300 g/mol. The first kappa shape index (κ1) is 18.9. The molecule has 1 rings (SSSR count). The van der Waals surface area contributed by atoms with Gasteiger partial charge >= 0.3 is 0 Å². The van der Waals surface area contributed by atoms with Crippen molar-refractivity contribution in [3.63, 3.8) is 0 Å². The number of halogens is 1. The normalized spacial score (nSPS) is 12.3. The first-order valence-electron chi connectivity index (χ1n) is 6.21. The molecule has 0 aromatic heterocycles. The summed E-state index contributed by atoms with van der Waals surface area (Å²) >= 11 is 0. The number of carbonyl (C=O) groups is 1. The van der Waals surface area contributed by atoms with Gasteiger partial charge in [0, 0.05) is 6.04 Å². The van der Waals surface area contributed by atoms with E-state index in [-0.39, 0.29) is 41.5 Å². The van der Waals surface area contributed by atoms with E-state index in [1.165, 1.54) is 0 Å². The Hall–Kier alpha value is -1.11. The molecule has 5 nitrogen and oxygen atoms in total.